The highest BCUT2D eigenvalue weighted by atomic mass is 16.4. The van der Waals surface area contributed by atoms with Gasteiger partial charge in [0.15, 0.2) is 0 Å². The molecule has 5 heteroatoms. The Balaban J connectivity index is 2.42. The van der Waals surface area contributed by atoms with Gasteiger partial charge in [-0.2, -0.15) is 0 Å². The molecule has 1 amide bonds. The van der Waals surface area contributed by atoms with Crippen LogP contribution in [0.5, 0.6) is 0 Å². The van der Waals surface area contributed by atoms with Gasteiger partial charge in [0.25, 0.3) is 0 Å². The summed E-state index contributed by atoms with van der Waals surface area (Å²) in [4.78, 5) is 22.7. The van der Waals surface area contributed by atoms with E-state index < -0.39 is 12.0 Å². The van der Waals surface area contributed by atoms with Gasteiger partial charge in [0.2, 0.25) is 5.91 Å². The van der Waals surface area contributed by atoms with Crippen molar-refractivity contribution in [3.8, 4) is 0 Å². The number of carbonyl (C=O) groups excluding carboxylic acids is 1. The summed E-state index contributed by atoms with van der Waals surface area (Å²) >= 11 is 0. The van der Waals surface area contributed by atoms with Crippen molar-refractivity contribution in [3.63, 3.8) is 0 Å². The third-order valence-corrected chi connectivity index (χ3v) is 3.64. The van der Waals surface area contributed by atoms with Crippen LogP contribution >= 0.6 is 0 Å². The molecule has 18 heavy (non-hydrogen) atoms. The fraction of sp³-hybridized carbons (Fsp3) is 0.846. The highest BCUT2D eigenvalue weighted by molar-refractivity contribution is 5.82. The van der Waals surface area contributed by atoms with Crippen molar-refractivity contribution >= 4 is 11.9 Å². The van der Waals surface area contributed by atoms with Crippen LogP contribution in [0.3, 0.4) is 0 Å². The van der Waals surface area contributed by atoms with Gasteiger partial charge in [0, 0.05) is 6.04 Å². The number of amides is 1. The molecular formula is C13H24N2O3. The Morgan fingerprint density at radius 3 is 2.11 bits per heavy atom. The molecule has 5 nitrogen and oxygen atoms in total. The second-order valence-corrected chi connectivity index (χ2v) is 6.24. The molecule has 0 spiro atoms. The molecule has 1 aliphatic carbocycles. The summed E-state index contributed by atoms with van der Waals surface area (Å²) in [5.74, 6) is -1.12. The Morgan fingerprint density at radius 1 is 1.22 bits per heavy atom. The number of nitrogens with two attached hydrogens (primary N) is 1. The van der Waals surface area contributed by atoms with Crippen LogP contribution in [-0.4, -0.2) is 29.1 Å². The van der Waals surface area contributed by atoms with Crippen LogP contribution in [-0.2, 0) is 9.59 Å². The molecule has 1 fully saturated rings. The van der Waals surface area contributed by atoms with E-state index in [0.29, 0.717) is 12.8 Å². The third-order valence-electron chi connectivity index (χ3n) is 3.64. The predicted octanol–water partition coefficient (Wildman–Crippen LogP) is 1.12. The van der Waals surface area contributed by atoms with Crippen LogP contribution in [0.15, 0.2) is 0 Å². The molecule has 0 aliphatic heterocycles. The molecule has 1 saturated carbocycles. The Morgan fingerprint density at radius 2 is 1.72 bits per heavy atom. The Labute approximate surface area is 108 Å². The van der Waals surface area contributed by atoms with E-state index in [4.69, 9.17) is 10.8 Å². The quantitative estimate of drug-likeness (QED) is 0.705. The molecule has 104 valence electrons. The average Bonchev–Trinajstić information content (AvgIpc) is 2.27. The smallest absolute Gasteiger partial charge is 0.306 e. The van der Waals surface area contributed by atoms with Gasteiger partial charge in [-0.05, 0) is 31.1 Å². The molecule has 1 atom stereocenters. The monoisotopic (exact) mass is 256 g/mol. The van der Waals surface area contributed by atoms with Gasteiger partial charge in [0.05, 0.1) is 12.0 Å². The van der Waals surface area contributed by atoms with Crippen molar-refractivity contribution in [2.75, 3.05) is 0 Å². The zero-order chi connectivity index (χ0) is 13.9. The van der Waals surface area contributed by atoms with Crippen LogP contribution in [0.1, 0.15) is 46.5 Å². The van der Waals surface area contributed by atoms with Crippen molar-refractivity contribution < 1.29 is 14.7 Å². The maximum Gasteiger partial charge on any atom is 0.306 e. The Hall–Kier alpha value is -1.10. The number of hydrogen-bond donors (Lipinski definition) is 3. The first-order chi connectivity index (χ1) is 8.21. The fourth-order valence-electron chi connectivity index (χ4n) is 2.17. The molecule has 0 aromatic rings. The summed E-state index contributed by atoms with van der Waals surface area (Å²) in [6.07, 6.45) is 2.70. The number of carboxylic acids is 1. The van der Waals surface area contributed by atoms with Gasteiger partial charge in [0.1, 0.15) is 0 Å². The lowest BCUT2D eigenvalue weighted by Crippen LogP contribution is -2.52. The first-order valence-electron chi connectivity index (χ1n) is 6.50. The molecule has 0 aromatic carbocycles. The summed E-state index contributed by atoms with van der Waals surface area (Å²) < 4.78 is 0. The van der Waals surface area contributed by atoms with Gasteiger partial charge >= 0.3 is 5.97 Å². The summed E-state index contributed by atoms with van der Waals surface area (Å²) in [7, 11) is 0. The minimum atomic E-state index is -0.730. The van der Waals surface area contributed by atoms with Crippen molar-refractivity contribution in [2.45, 2.75) is 58.5 Å². The molecular weight excluding hydrogens is 232 g/mol. The summed E-state index contributed by atoms with van der Waals surface area (Å²) in [5.41, 5.74) is 5.62. The molecule has 4 N–H and O–H groups in total. The minimum absolute atomic E-state index is 0.0708. The first-order valence-corrected chi connectivity index (χ1v) is 6.50. The lowest BCUT2D eigenvalue weighted by atomic mass is 9.84. The van der Waals surface area contributed by atoms with Crippen LogP contribution < -0.4 is 11.1 Å². The zero-order valence-corrected chi connectivity index (χ0v) is 11.4. The SMILES string of the molecule is CC(C)(C)[C@@H](N)C(=O)NC1CCC(C(=O)O)CC1. The second kappa shape index (κ2) is 5.69. The molecule has 0 heterocycles. The maximum atomic E-state index is 11.9. The number of carbonyl (C=O) groups is 2. The minimum Gasteiger partial charge on any atom is -0.481 e. The number of hydrogen-bond acceptors (Lipinski definition) is 3. The predicted molar refractivity (Wildman–Crippen MR) is 69.0 cm³/mol. The molecule has 0 unspecified atom stereocenters. The number of aliphatic carboxylic acids is 1. The van der Waals surface area contributed by atoms with Gasteiger partial charge in [-0.15, -0.1) is 0 Å². The molecule has 0 radical (unpaired) electrons. The van der Waals surface area contributed by atoms with Crippen molar-refractivity contribution in [1.82, 2.24) is 5.32 Å². The van der Waals surface area contributed by atoms with E-state index in [-0.39, 0.29) is 23.3 Å². The van der Waals surface area contributed by atoms with Crippen molar-refractivity contribution in [1.29, 1.82) is 0 Å². The number of nitrogens with one attached hydrogen (secondary N) is 1. The van der Waals surface area contributed by atoms with E-state index in [1.807, 2.05) is 20.8 Å². The van der Waals surface area contributed by atoms with E-state index >= 15 is 0 Å². The van der Waals surface area contributed by atoms with Gasteiger partial charge < -0.3 is 16.2 Å². The van der Waals surface area contributed by atoms with Crippen LogP contribution in [0.2, 0.25) is 0 Å². The van der Waals surface area contributed by atoms with Gasteiger partial charge in [-0.25, -0.2) is 0 Å². The topological polar surface area (TPSA) is 92.4 Å². The van der Waals surface area contributed by atoms with E-state index in [0.717, 1.165) is 12.8 Å². The largest absolute Gasteiger partial charge is 0.481 e. The van der Waals surface area contributed by atoms with Crippen molar-refractivity contribution in [3.05, 3.63) is 0 Å². The highest BCUT2D eigenvalue weighted by Crippen LogP contribution is 2.25. The molecule has 1 rings (SSSR count). The standard InChI is InChI=1S/C13H24N2O3/c1-13(2,3)10(14)11(16)15-9-6-4-8(5-7-9)12(17)18/h8-10H,4-7,14H2,1-3H3,(H,15,16)(H,17,18)/t8?,9?,10-/m0/s1. The first kappa shape index (κ1) is 15.0. The van der Waals surface area contributed by atoms with E-state index in [9.17, 15) is 9.59 Å². The second-order valence-electron chi connectivity index (χ2n) is 6.24. The third kappa shape index (κ3) is 3.98. The summed E-state index contributed by atoms with van der Waals surface area (Å²) in [5, 5.41) is 11.8. The molecule has 1 aliphatic rings. The van der Waals surface area contributed by atoms with E-state index in [1.54, 1.807) is 0 Å². The molecule has 0 aromatic heterocycles. The Kier molecular flexibility index (Phi) is 4.73. The summed E-state index contributed by atoms with van der Waals surface area (Å²) in [6.45, 7) is 5.79. The molecule has 0 bridgehead atoms. The van der Waals surface area contributed by atoms with Crippen molar-refractivity contribution in [2.24, 2.45) is 17.1 Å². The van der Waals surface area contributed by atoms with E-state index in [2.05, 4.69) is 5.32 Å². The van der Waals surface area contributed by atoms with Gasteiger partial charge in [-0.1, -0.05) is 20.8 Å². The number of rotatable bonds is 3. The van der Waals surface area contributed by atoms with E-state index in [1.165, 1.54) is 0 Å². The van der Waals surface area contributed by atoms with Crippen LogP contribution in [0.4, 0.5) is 0 Å². The summed E-state index contributed by atoms with van der Waals surface area (Å²) in [6, 6.07) is -0.462. The maximum absolute atomic E-state index is 11.9. The van der Waals surface area contributed by atoms with Gasteiger partial charge in [-0.3, -0.25) is 9.59 Å². The normalized spacial score (nSPS) is 26.4. The fourth-order valence-corrected chi connectivity index (χ4v) is 2.17. The lowest BCUT2D eigenvalue weighted by molar-refractivity contribution is -0.142. The lowest BCUT2D eigenvalue weighted by Gasteiger charge is -2.31. The zero-order valence-electron chi connectivity index (χ0n) is 11.4. The average molecular weight is 256 g/mol. The Bertz CT molecular complexity index is 315. The number of carboxylic acid groups (broad SMARTS) is 1. The highest BCUT2D eigenvalue weighted by Gasteiger charge is 2.31. The molecule has 0 saturated heterocycles. The van der Waals surface area contributed by atoms with Crippen LogP contribution in [0, 0.1) is 11.3 Å². The van der Waals surface area contributed by atoms with Crippen LogP contribution in [0.25, 0.3) is 0 Å².